The average molecular weight is 290 g/mol. The molecule has 21 heavy (non-hydrogen) atoms. The molecule has 7 heteroatoms. The first-order valence-corrected chi connectivity index (χ1v) is 5.76. The van der Waals surface area contributed by atoms with Crippen LogP contribution in [0.15, 0.2) is 36.4 Å². The molecule has 5 nitrogen and oxygen atoms in total. The lowest BCUT2D eigenvalue weighted by atomic mass is 10.1. The zero-order valence-corrected chi connectivity index (χ0v) is 10.5. The van der Waals surface area contributed by atoms with Crippen molar-refractivity contribution in [2.75, 3.05) is 0 Å². The Kier molecular flexibility index (Phi) is 4.09. The predicted molar refractivity (Wildman–Crippen MR) is 68.5 cm³/mol. The highest BCUT2D eigenvalue weighted by atomic mass is 19.1. The van der Waals surface area contributed by atoms with Crippen LogP contribution in [-0.2, 0) is 6.61 Å². The standard InChI is InChI=1S/C14H8F2N2O3/c15-12-3-1-9(5-10(12)7-17)8-21-14-4-2-11(18(19)20)6-13(14)16/h1-6H,8H2. The van der Waals surface area contributed by atoms with Gasteiger partial charge in [0.05, 0.1) is 16.6 Å². The minimum Gasteiger partial charge on any atom is -0.486 e. The van der Waals surface area contributed by atoms with Crippen LogP contribution in [0.25, 0.3) is 0 Å². The third kappa shape index (κ3) is 3.30. The predicted octanol–water partition coefficient (Wildman–Crippen LogP) is 3.32. The molecule has 2 rings (SSSR count). The molecule has 0 aliphatic heterocycles. The van der Waals surface area contributed by atoms with Crippen LogP contribution >= 0.6 is 0 Å². The van der Waals surface area contributed by atoms with Crippen LogP contribution in [0.2, 0.25) is 0 Å². The third-order valence-corrected chi connectivity index (χ3v) is 2.67. The summed E-state index contributed by atoms with van der Waals surface area (Å²) in [6, 6.07) is 8.50. The Labute approximate surface area is 118 Å². The summed E-state index contributed by atoms with van der Waals surface area (Å²) >= 11 is 0. The smallest absolute Gasteiger partial charge is 0.272 e. The van der Waals surface area contributed by atoms with Gasteiger partial charge in [-0.15, -0.1) is 0 Å². The summed E-state index contributed by atoms with van der Waals surface area (Å²) in [6.45, 7) is -0.0936. The second-order valence-electron chi connectivity index (χ2n) is 4.09. The lowest BCUT2D eigenvalue weighted by Gasteiger charge is -2.07. The Hall–Kier alpha value is -3.01. The molecule has 0 radical (unpaired) electrons. The number of ether oxygens (including phenoxy) is 1. The normalized spacial score (nSPS) is 9.95. The van der Waals surface area contributed by atoms with Gasteiger partial charge >= 0.3 is 0 Å². The molecule has 0 fully saturated rings. The maximum atomic E-state index is 13.6. The maximum Gasteiger partial charge on any atom is 0.272 e. The van der Waals surface area contributed by atoms with E-state index in [4.69, 9.17) is 10.00 Å². The number of non-ortho nitro benzene ring substituents is 1. The molecule has 0 saturated heterocycles. The van der Waals surface area contributed by atoms with Gasteiger partial charge in [-0.1, -0.05) is 6.07 Å². The zero-order chi connectivity index (χ0) is 15.4. The van der Waals surface area contributed by atoms with Crippen LogP contribution in [0, 0.1) is 33.1 Å². The third-order valence-electron chi connectivity index (χ3n) is 2.67. The average Bonchev–Trinajstić information content (AvgIpc) is 2.47. The van der Waals surface area contributed by atoms with Crippen molar-refractivity contribution < 1.29 is 18.4 Å². The SMILES string of the molecule is N#Cc1cc(COc2ccc([N+](=O)[O-])cc2F)ccc1F. The molecule has 0 aliphatic carbocycles. The molecule has 0 aromatic heterocycles. The molecule has 0 spiro atoms. The van der Waals surface area contributed by atoms with Crippen molar-refractivity contribution in [1.29, 1.82) is 5.26 Å². The summed E-state index contributed by atoms with van der Waals surface area (Å²) in [6.07, 6.45) is 0. The number of hydrogen-bond acceptors (Lipinski definition) is 4. The Morgan fingerprint density at radius 2 is 1.95 bits per heavy atom. The van der Waals surface area contributed by atoms with Crippen molar-refractivity contribution in [3.63, 3.8) is 0 Å². The van der Waals surface area contributed by atoms with Crippen LogP contribution < -0.4 is 4.74 Å². The number of rotatable bonds is 4. The van der Waals surface area contributed by atoms with Gasteiger partial charge in [0, 0.05) is 6.07 Å². The summed E-state index contributed by atoms with van der Waals surface area (Å²) in [4.78, 5) is 9.76. The number of nitriles is 1. The van der Waals surface area contributed by atoms with E-state index in [1.54, 1.807) is 6.07 Å². The molecule has 2 aromatic rings. The molecular weight excluding hydrogens is 282 g/mol. The van der Waals surface area contributed by atoms with Gasteiger partial charge in [-0.05, 0) is 23.8 Å². The number of hydrogen-bond donors (Lipinski definition) is 0. The number of nitrogens with zero attached hydrogens (tertiary/aromatic N) is 2. The molecule has 2 aromatic carbocycles. The number of nitro groups is 1. The van der Waals surface area contributed by atoms with Crippen LogP contribution in [0.4, 0.5) is 14.5 Å². The van der Waals surface area contributed by atoms with E-state index in [1.165, 1.54) is 12.1 Å². The monoisotopic (exact) mass is 290 g/mol. The first kappa shape index (κ1) is 14.4. The summed E-state index contributed by atoms with van der Waals surface area (Å²) < 4.78 is 31.9. The molecule has 0 saturated carbocycles. The highest BCUT2D eigenvalue weighted by molar-refractivity contribution is 5.38. The number of nitro benzene ring substituents is 1. The van der Waals surface area contributed by atoms with E-state index in [0.29, 0.717) is 5.56 Å². The van der Waals surface area contributed by atoms with Gasteiger partial charge in [0.25, 0.3) is 5.69 Å². The molecule has 0 amide bonds. The van der Waals surface area contributed by atoms with E-state index in [1.807, 2.05) is 0 Å². The molecule has 0 heterocycles. The van der Waals surface area contributed by atoms with Crippen LogP contribution in [-0.4, -0.2) is 4.92 Å². The number of halogens is 2. The summed E-state index contributed by atoms with van der Waals surface area (Å²) in [5.74, 6) is -1.68. The quantitative estimate of drug-likeness (QED) is 0.639. The second-order valence-corrected chi connectivity index (χ2v) is 4.09. The van der Waals surface area contributed by atoms with Crippen molar-refractivity contribution in [1.82, 2.24) is 0 Å². The van der Waals surface area contributed by atoms with Crippen molar-refractivity contribution in [3.05, 3.63) is 69.3 Å². The van der Waals surface area contributed by atoms with Crippen LogP contribution in [0.3, 0.4) is 0 Å². The van der Waals surface area contributed by atoms with Crippen LogP contribution in [0.5, 0.6) is 5.75 Å². The van der Waals surface area contributed by atoms with Gasteiger partial charge in [-0.3, -0.25) is 10.1 Å². The molecule has 0 aliphatic rings. The van der Waals surface area contributed by atoms with Crippen molar-refractivity contribution in [3.8, 4) is 11.8 Å². The summed E-state index contributed by atoms with van der Waals surface area (Å²) in [5, 5.41) is 19.2. The first-order chi connectivity index (χ1) is 10.0. The van der Waals surface area contributed by atoms with Gasteiger partial charge in [0.2, 0.25) is 0 Å². The fourth-order valence-corrected chi connectivity index (χ4v) is 1.63. The van der Waals surface area contributed by atoms with Crippen LogP contribution in [0.1, 0.15) is 11.1 Å². The molecule has 106 valence electrons. The van der Waals surface area contributed by atoms with E-state index in [9.17, 15) is 18.9 Å². The first-order valence-electron chi connectivity index (χ1n) is 5.76. The fraction of sp³-hybridized carbons (Fsp3) is 0.0714. The molecule has 0 N–H and O–H groups in total. The lowest BCUT2D eigenvalue weighted by molar-refractivity contribution is -0.385. The van der Waals surface area contributed by atoms with Crippen molar-refractivity contribution in [2.24, 2.45) is 0 Å². The molecular formula is C14H8F2N2O3. The minimum atomic E-state index is -0.869. The van der Waals surface area contributed by atoms with E-state index < -0.39 is 16.6 Å². The second kappa shape index (κ2) is 5.96. The largest absolute Gasteiger partial charge is 0.486 e. The zero-order valence-electron chi connectivity index (χ0n) is 10.5. The summed E-state index contributed by atoms with van der Waals surface area (Å²) in [7, 11) is 0. The molecule has 0 unspecified atom stereocenters. The van der Waals surface area contributed by atoms with E-state index in [0.717, 1.165) is 24.3 Å². The van der Waals surface area contributed by atoms with E-state index >= 15 is 0 Å². The Balaban J connectivity index is 2.13. The number of benzene rings is 2. The van der Waals surface area contributed by atoms with E-state index in [-0.39, 0.29) is 23.6 Å². The van der Waals surface area contributed by atoms with Gasteiger partial charge in [-0.2, -0.15) is 5.26 Å². The van der Waals surface area contributed by atoms with E-state index in [2.05, 4.69) is 0 Å². The van der Waals surface area contributed by atoms with Crippen molar-refractivity contribution in [2.45, 2.75) is 6.61 Å². The van der Waals surface area contributed by atoms with Gasteiger partial charge in [0.15, 0.2) is 11.6 Å². The maximum absolute atomic E-state index is 13.6. The lowest BCUT2D eigenvalue weighted by Crippen LogP contribution is -1.99. The van der Waals surface area contributed by atoms with Crippen molar-refractivity contribution >= 4 is 5.69 Å². The Morgan fingerprint density at radius 1 is 1.19 bits per heavy atom. The fourth-order valence-electron chi connectivity index (χ4n) is 1.63. The minimum absolute atomic E-state index is 0.0936. The van der Waals surface area contributed by atoms with Gasteiger partial charge in [0.1, 0.15) is 18.5 Å². The Morgan fingerprint density at radius 3 is 2.57 bits per heavy atom. The molecule has 0 atom stereocenters. The summed E-state index contributed by atoms with van der Waals surface area (Å²) in [5.41, 5.74) is -0.0422. The molecule has 0 bridgehead atoms. The Bertz CT molecular complexity index is 741. The van der Waals surface area contributed by atoms with Gasteiger partial charge in [-0.25, -0.2) is 8.78 Å². The topological polar surface area (TPSA) is 76.2 Å². The highest BCUT2D eigenvalue weighted by Crippen LogP contribution is 2.23. The highest BCUT2D eigenvalue weighted by Gasteiger charge is 2.12. The van der Waals surface area contributed by atoms with Gasteiger partial charge < -0.3 is 4.74 Å².